The minimum atomic E-state index is -0.279. The van der Waals surface area contributed by atoms with Crippen molar-refractivity contribution in [2.24, 2.45) is 23.2 Å². The SMILES string of the molecule is OC(CC12CC3CC(CC(C3)C1)C2)c1cc(Br)c(Br)s1. The first-order chi connectivity index (χ1) is 9.53. The molecule has 0 saturated heterocycles. The van der Waals surface area contributed by atoms with Crippen molar-refractivity contribution in [2.45, 2.75) is 51.0 Å². The van der Waals surface area contributed by atoms with Gasteiger partial charge in [0.05, 0.1) is 9.89 Å². The van der Waals surface area contributed by atoms with Crippen molar-refractivity contribution >= 4 is 43.2 Å². The predicted molar refractivity (Wildman–Crippen MR) is 89.9 cm³/mol. The van der Waals surface area contributed by atoms with E-state index in [0.29, 0.717) is 5.41 Å². The summed E-state index contributed by atoms with van der Waals surface area (Å²) in [6, 6.07) is 2.08. The topological polar surface area (TPSA) is 20.2 Å². The fourth-order valence-electron chi connectivity index (χ4n) is 5.58. The van der Waals surface area contributed by atoms with Crippen molar-refractivity contribution in [1.82, 2.24) is 0 Å². The number of thiophene rings is 1. The van der Waals surface area contributed by atoms with Gasteiger partial charge in [0.25, 0.3) is 0 Å². The Hall–Kier alpha value is 0.620. The maximum absolute atomic E-state index is 10.7. The van der Waals surface area contributed by atoms with Gasteiger partial charge in [-0.25, -0.2) is 0 Å². The molecule has 1 nitrogen and oxygen atoms in total. The molecule has 4 bridgehead atoms. The van der Waals surface area contributed by atoms with E-state index in [9.17, 15) is 5.11 Å². The van der Waals surface area contributed by atoms with Crippen LogP contribution in [0.15, 0.2) is 14.3 Å². The second-order valence-electron chi connectivity index (χ2n) is 7.41. The largest absolute Gasteiger partial charge is 0.388 e. The first-order valence-corrected chi connectivity index (χ1v) is 10.1. The Balaban J connectivity index is 1.53. The monoisotopic (exact) mass is 418 g/mol. The summed E-state index contributed by atoms with van der Waals surface area (Å²) in [6.45, 7) is 0. The zero-order valence-electron chi connectivity index (χ0n) is 11.4. The minimum absolute atomic E-state index is 0.279. The third kappa shape index (κ3) is 2.45. The van der Waals surface area contributed by atoms with Gasteiger partial charge in [0.1, 0.15) is 0 Å². The Kier molecular flexibility index (Phi) is 3.61. The highest BCUT2D eigenvalue weighted by atomic mass is 79.9. The van der Waals surface area contributed by atoms with Crippen LogP contribution in [0, 0.1) is 23.2 Å². The summed E-state index contributed by atoms with van der Waals surface area (Å²) in [5.74, 6) is 2.90. The normalized spacial score (nSPS) is 40.2. The number of halogens is 2. The molecule has 0 spiro atoms. The van der Waals surface area contributed by atoms with Crippen molar-refractivity contribution in [3.05, 3.63) is 19.2 Å². The van der Waals surface area contributed by atoms with Crippen molar-refractivity contribution in [2.75, 3.05) is 0 Å². The second kappa shape index (κ2) is 5.07. The van der Waals surface area contributed by atoms with Crippen LogP contribution in [0.2, 0.25) is 0 Å². The molecule has 0 aromatic carbocycles. The van der Waals surface area contributed by atoms with Crippen LogP contribution >= 0.6 is 43.2 Å². The molecule has 0 aliphatic heterocycles. The molecule has 0 amide bonds. The molecule has 110 valence electrons. The number of hydrogen-bond acceptors (Lipinski definition) is 2. The van der Waals surface area contributed by atoms with Gasteiger partial charge in [-0.05, 0) is 106 Å². The molecule has 20 heavy (non-hydrogen) atoms. The standard InChI is InChI=1S/C16H20Br2OS/c17-12-4-14(20-15(12)18)13(19)8-16-5-9-1-10(6-16)3-11(2-9)7-16/h4,9-11,13,19H,1-3,5-8H2. The van der Waals surface area contributed by atoms with Crippen molar-refractivity contribution in [1.29, 1.82) is 0 Å². The quantitative estimate of drug-likeness (QED) is 0.645. The molecular formula is C16H20Br2OS. The highest BCUT2D eigenvalue weighted by molar-refractivity contribution is 9.13. The highest BCUT2D eigenvalue weighted by Crippen LogP contribution is 2.62. The Morgan fingerprint density at radius 2 is 1.70 bits per heavy atom. The Morgan fingerprint density at radius 1 is 1.15 bits per heavy atom. The summed E-state index contributed by atoms with van der Waals surface area (Å²) in [5.41, 5.74) is 0.455. The molecular weight excluding hydrogens is 400 g/mol. The van der Waals surface area contributed by atoms with Gasteiger partial charge in [0.15, 0.2) is 0 Å². The summed E-state index contributed by atoms with van der Waals surface area (Å²) in [4.78, 5) is 1.11. The van der Waals surface area contributed by atoms with E-state index in [2.05, 4.69) is 37.9 Å². The zero-order chi connectivity index (χ0) is 13.9. The summed E-state index contributed by atoms with van der Waals surface area (Å²) < 4.78 is 2.17. The molecule has 4 aliphatic carbocycles. The Bertz CT molecular complexity index is 470. The smallest absolute Gasteiger partial charge is 0.0888 e. The molecule has 1 aromatic heterocycles. The lowest BCUT2D eigenvalue weighted by molar-refractivity contribution is -0.0760. The maximum atomic E-state index is 10.7. The molecule has 0 radical (unpaired) electrons. The van der Waals surface area contributed by atoms with E-state index < -0.39 is 0 Å². The van der Waals surface area contributed by atoms with Gasteiger partial charge >= 0.3 is 0 Å². The van der Waals surface area contributed by atoms with Crippen LogP contribution in [0.3, 0.4) is 0 Å². The molecule has 1 heterocycles. The fourth-order valence-corrected chi connectivity index (χ4v) is 7.65. The first-order valence-electron chi connectivity index (χ1n) is 7.66. The Labute approximate surface area is 141 Å². The van der Waals surface area contributed by atoms with Gasteiger partial charge in [-0.2, -0.15) is 0 Å². The van der Waals surface area contributed by atoms with E-state index in [1.165, 1.54) is 38.5 Å². The second-order valence-corrected chi connectivity index (χ2v) is 10.7. The van der Waals surface area contributed by atoms with Crippen LogP contribution in [0.4, 0.5) is 0 Å². The van der Waals surface area contributed by atoms with Crippen LogP contribution in [0.25, 0.3) is 0 Å². The van der Waals surface area contributed by atoms with Crippen LogP contribution in [-0.4, -0.2) is 5.11 Å². The summed E-state index contributed by atoms with van der Waals surface area (Å²) in [5, 5.41) is 10.7. The van der Waals surface area contributed by atoms with Crippen molar-refractivity contribution < 1.29 is 5.11 Å². The fraction of sp³-hybridized carbons (Fsp3) is 0.750. The third-order valence-corrected chi connectivity index (χ3v) is 9.14. The van der Waals surface area contributed by atoms with Crippen molar-refractivity contribution in [3.8, 4) is 0 Å². The van der Waals surface area contributed by atoms with Gasteiger partial charge in [-0.15, -0.1) is 11.3 Å². The Morgan fingerprint density at radius 3 is 2.15 bits per heavy atom. The lowest BCUT2D eigenvalue weighted by Gasteiger charge is -2.57. The maximum Gasteiger partial charge on any atom is 0.0888 e. The third-order valence-electron chi connectivity index (χ3n) is 5.78. The molecule has 4 fully saturated rings. The van der Waals surface area contributed by atoms with Crippen LogP contribution in [-0.2, 0) is 0 Å². The zero-order valence-corrected chi connectivity index (χ0v) is 15.4. The minimum Gasteiger partial charge on any atom is -0.388 e. The van der Waals surface area contributed by atoms with Gasteiger partial charge in [-0.1, -0.05) is 0 Å². The molecule has 1 N–H and O–H groups in total. The van der Waals surface area contributed by atoms with E-state index in [-0.39, 0.29) is 6.10 Å². The number of rotatable bonds is 3. The van der Waals surface area contributed by atoms with Gasteiger partial charge in [0, 0.05) is 9.35 Å². The summed E-state index contributed by atoms with van der Waals surface area (Å²) >= 11 is 8.74. The molecule has 1 atom stereocenters. The molecule has 1 unspecified atom stereocenters. The van der Waals surface area contributed by atoms with E-state index in [0.717, 1.165) is 37.3 Å². The lowest BCUT2D eigenvalue weighted by Crippen LogP contribution is -2.46. The number of aliphatic hydroxyl groups is 1. The van der Waals surface area contributed by atoms with E-state index in [1.54, 1.807) is 11.3 Å². The van der Waals surface area contributed by atoms with Crippen molar-refractivity contribution in [3.63, 3.8) is 0 Å². The number of aliphatic hydroxyl groups excluding tert-OH is 1. The van der Waals surface area contributed by atoms with Gasteiger partial charge < -0.3 is 5.11 Å². The van der Waals surface area contributed by atoms with E-state index in [4.69, 9.17) is 0 Å². The highest BCUT2D eigenvalue weighted by Gasteiger charge is 2.51. The lowest BCUT2D eigenvalue weighted by atomic mass is 9.48. The first kappa shape index (κ1) is 14.2. The summed E-state index contributed by atoms with van der Waals surface area (Å²) in [7, 11) is 0. The molecule has 4 heteroatoms. The van der Waals surface area contributed by atoms with Gasteiger partial charge in [0.2, 0.25) is 0 Å². The van der Waals surface area contributed by atoms with Gasteiger partial charge in [-0.3, -0.25) is 0 Å². The van der Waals surface area contributed by atoms with Crippen LogP contribution in [0.5, 0.6) is 0 Å². The van der Waals surface area contributed by atoms with Crippen LogP contribution < -0.4 is 0 Å². The van der Waals surface area contributed by atoms with Crippen LogP contribution in [0.1, 0.15) is 55.9 Å². The molecule has 5 rings (SSSR count). The number of hydrogen-bond donors (Lipinski definition) is 1. The molecule has 1 aromatic rings. The van der Waals surface area contributed by atoms with E-state index in [1.807, 2.05) is 0 Å². The summed E-state index contributed by atoms with van der Waals surface area (Å²) in [6.07, 6.45) is 9.27. The molecule has 4 aliphatic rings. The molecule has 4 saturated carbocycles. The van der Waals surface area contributed by atoms with E-state index >= 15 is 0 Å². The average molecular weight is 420 g/mol. The average Bonchev–Trinajstić information content (AvgIpc) is 2.67. The predicted octanol–water partition coefficient (Wildman–Crippen LogP) is 5.91.